The van der Waals surface area contributed by atoms with E-state index in [2.05, 4.69) is 62.2 Å². The molecule has 7 aliphatic rings. The van der Waals surface area contributed by atoms with Gasteiger partial charge in [0, 0.05) is 90.2 Å². The van der Waals surface area contributed by atoms with Crippen molar-refractivity contribution in [3.8, 4) is 34.3 Å². The molecule has 0 fully saturated rings. The number of nitrogens with one attached hydrogen (secondary N) is 2. The number of nitrogens with zero attached hydrogens (tertiary/aromatic N) is 4. The minimum atomic E-state index is -0.111. The van der Waals surface area contributed by atoms with Crippen LogP contribution in [0.25, 0.3) is 22.6 Å². The number of carbonyl (C=O) groups excluding carboxylic acids is 1. The summed E-state index contributed by atoms with van der Waals surface area (Å²) in [6.45, 7) is 5.68. The van der Waals surface area contributed by atoms with Crippen LogP contribution in [0.4, 0.5) is 5.69 Å². The topological polar surface area (TPSA) is 104 Å². The summed E-state index contributed by atoms with van der Waals surface area (Å²) in [4.78, 5) is 39.1. The molecule has 0 aliphatic carbocycles. The lowest BCUT2D eigenvalue weighted by Crippen LogP contribution is -2.41. The fraction of sp³-hybridized carbons (Fsp3) is 0.333. The van der Waals surface area contributed by atoms with Gasteiger partial charge in [-0.1, -0.05) is 97.8 Å². The predicted octanol–water partition coefficient (Wildman–Crippen LogP) is 10.4. The smallest absolute Gasteiger partial charge is 0.278 e. The molecule has 7 heterocycles. The first kappa shape index (κ1) is 48.0. The molecule has 0 aromatic heterocycles. The number of carbonyl (C=O) groups is 1. The number of imidazole rings is 1. The molecule has 384 valence electrons. The van der Waals surface area contributed by atoms with Crippen LogP contribution in [0.3, 0.4) is 0 Å². The molecule has 0 bridgehead atoms. The third-order valence-corrected chi connectivity index (χ3v) is 16.6. The normalized spacial score (nSPS) is 15.4. The van der Waals surface area contributed by atoms with Gasteiger partial charge < -0.3 is 24.7 Å². The number of hydrogen-bond acceptors (Lipinski definition) is 6. The molecule has 0 unspecified atom stereocenters. The first-order valence-corrected chi connectivity index (χ1v) is 28.3. The number of benzene rings is 6. The summed E-state index contributed by atoms with van der Waals surface area (Å²) < 4.78 is 17.9. The number of aryl methyl sites for hydroxylation is 2. The first-order chi connectivity index (χ1) is 37.5. The molecule has 7 aliphatic heterocycles. The van der Waals surface area contributed by atoms with Crippen molar-refractivity contribution in [3.05, 3.63) is 210 Å². The van der Waals surface area contributed by atoms with E-state index in [4.69, 9.17) is 14.5 Å². The second-order valence-electron chi connectivity index (χ2n) is 21.7. The Balaban J connectivity index is 0.663. The van der Waals surface area contributed by atoms with Crippen LogP contribution >= 0.6 is 0 Å². The van der Waals surface area contributed by atoms with Crippen molar-refractivity contribution in [1.29, 1.82) is 0 Å². The number of rotatable bonds is 15. The molecule has 1 amide bonds. The summed E-state index contributed by atoms with van der Waals surface area (Å²) >= 11 is 0. The molecule has 76 heavy (non-hydrogen) atoms. The van der Waals surface area contributed by atoms with Crippen LogP contribution < -0.4 is 40.4 Å². The van der Waals surface area contributed by atoms with Crippen molar-refractivity contribution in [3.63, 3.8) is 0 Å². The molecule has 6 aromatic carbocycles. The molecular weight excluding hydrogens is 941 g/mol. The summed E-state index contributed by atoms with van der Waals surface area (Å²) in [6, 6.07) is 41.7. The van der Waals surface area contributed by atoms with Gasteiger partial charge in [-0.05, 0) is 128 Å². The van der Waals surface area contributed by atoms with Crippen LogP contribution in [0, 0.1) is 0 Å². The number of fused-ring (bicyclic) bond motifs is 5. The van der Waals surface area contributed by atoms with Gasteiger partial charge in [0.15, 0.2) is 5.82 Å². The van der Waals surface area contributed by atoms with E-state index < -0.39 is 0 Å². The number of ether oxygens (including phenoxy) is 2. The zero-order valence-electron chi connectivity index (χ0n) is 43.6. The lowest BCUT2D eigenvalue weighted by molar-refractivity contribution is 0.0952. The number of anilines is 1. The number of aromatic nitrogens is 3. The average Bonchev–Trinajstić information content (AvgIpc) is 3.59. The molecule has 0 spiro atoms. The van der Waals surface area contributed by atoms with E-state index in [1.165, 1.54) is 75.3 Å². The van der Waals surface area contributed by atoms with E-state index in [9.17, 15) is 9.59 Å². The maximum Gasteiger partial charge on any atom is 0.278 e. The third-order valence-electron chi connectivity index (χ3n) is 16.6. The third kappa shape index (κ3) is 9.41. The lowest BCUT2D eigenvalue weighted by Gasteiger charge is -2.35. The summed E-state index contributed by atoms with van der Waals surface area (Å²) in [5.74, 6) is 3.49. The molecule has 0 atom stereocenters. The Kier molecular flexibility index (Phi) is 13.3. The summed E-state index contributed by atoms with van der Waals surface area (Å²) in [6.07, 6.45) is 18.0. The Morgan fingerprint density at radius 3 is 2.38 bits per heavy atom. The number of aromatic amines is 1. The number of H-pyrrole nitrogens is 1. The summed E-state index contributed by atoms with van der Waals surface area (Å²) in [5, 5.41) is 5.89. The Morgan fingerprint density at radius 1 is 0.697 bits per heavy atom. The SMILES string of the molecule is O=C(NCCCCCCOc1cccc(Cc2nc3c(Cc4ccccc4)[nH]c(-c4ccccc4)cn-3c2=O)c1)c1cccc(C2=c3cc4c5c(c3Oc3c2cc2c6c3CCCN6CCCC2)CCC[N+]=5CCCC4)c1. The minimum Gasteiger partial charge on any atom is -0.494 e. The van der Waals surface area contributed by atoms with E-state index in [-0.39, 0.29) is 11.5 Å². The van der Waals surface area contributed by atoms with Crippen LogP contribution in [-0.4, -0.2) is 59.8 Å². The fourth-order valence-electron chi connectivity index (χ4n) is 12.9. The molecule has 10 nitrogen and oxygen atoms in total. The zero-order chi connectivity index (χ0) is 51.0. The minimum absolute atomic E-state index is 0.0332. The molecule has 10 heteroatoms. The number of hydrogen-bond donors (Lipinski definition) is 2. The van der Waals surface area contributed by atoms with Crippen LogP contribution in [-0.2, 0) is 38.5 Å². The van der Waals surface area contributed by atoms with Crippen molar-refractivity contribution < 1.29 is 14.3 Å². The van der Waals surface area contributed by atoms with E-state index in [1.54, 1.807) is 4.57 Å². The van der Waals surface area contributed by atoms with Crippen molar-refractivity contribution in [1.82, 2.24) is 24.4 Å². The zero-order valence-corrected chi connectivity index (χ0v) is 43.6. The fourth-order valence-corrected chi connectivity index (χ4v) is 12.9. The van der Waals surface area contributed by atoms with Gasteiger partial charge >= 0.3 is 0 Å². The number of amides is 1. The van der Waals surface area contributed by atoms with E-state index in [0.29, 0.717) is 43.1 Å². The quantitative estimate of drug-likeness (QED) is 0.0783. The average molecular weight is 1010 g/mol. The Labute approximate surface area is 445 Å². The lowest BCUT2D eigenvalue weighted by atomic mass is 9.84. The van der Waals surface area contributed by atoms with Gasteiger partial charge in [-0.15, -0.1) is 0 Å². The van der Waals surface area contributed by atoms with Crippen LogP contribution in [0.2, 0.25) is 0 Å². The van der Waals surface area contributed by atoms with Crippen LogP contribution in [0.15, 0.2) is 132 Å². The first-order valence-electron chi connectivity index (χ1n) is 28.3. The summed E-state index contributed by atoms with van der Waals surface area (Å²) in [7, 11) is 0. The second kappa shape index (κ2) is 21.1. The van der Waals surface area contributed by atoms with Crippen molar-refractivity contribution >= 4 is 17.2 Å². The Morgan fingerprint density at radius 2 is 1.47 bits per heavy atom. The standard InChI is InChI=1S/C66H66N6O4/c73-65(67-31-11-1-2-14-36-75-51-28-15-21-45(37-51)39-57-66(74)72-43-58(46-22-7-4-8-23-46)68-56(64(72)69-57)38-44-19-5-3-6-20-44)50-27-16-26-47(40-50)59-54-41-48-24-9-12-32-70-34-17-29-52(60(48)70)62(54)76-63-53-30-18-35-71-33-13-10-25-49(61(53)71)42-55(59)63/h3-8,15-16,19-23,26-28,37,40-43H,1-2,9-14,17-18,24-25,29-36,38-39H2,(H-,67,68,73,74)/p+1. The maximum atomic E-state index is 14.0. The largest absolute Gasteiger partial charge is 0.494 e. The molecule has 0 saturated carbocycles. The second-order valence-corrected chi connectivity index (χ2v) is 21.7. The molecule has 6 aromatic rings. The van der Waals surface area contributed by atoms with E-state index in [0.717, 1.165) is 141 Å². The van der Waals surface area contributed by atoms with Gasteiger partial charge in [0.25, 0.3) is 11.5 Å². The predicted molar refractivity (Wildman–Crippen MR) is 302 cm³/mol. The highest BCUT2D eigenvalue weighted by Crippen LogP contribution is 2.48. The Hall–Kier alpha value is -7.72. The molecule has 13 rings (SSSR count). The monoisotopic (exact) mass is 1010 g/mol. The van der Waals surface area contributed by atoms with Gasteiger partial charge in [-0.2, -0.15) is 0 Å². The van der Waals surface area contributed by atoms with Crippen molar-refractivity contribution in [2.24, 2.45) is 0 Å². The molecule has 0 radical (unpaired) electrons. The van der Waals surface area contributed by atoms with Crippen LogP contribution in [0.1, 0.15) is 130 Å². The van der Waals surface area contributed by atoms with Crippen molar-refractivity contribution in [2.45, 2.75) is 103 Å². The van der Waals surface area contributed by atoms with Gasteiger partial charge in [0.1, 0.15) is 36.0 Å². The van der Waals surface area contributed by atoms with Crippen LogP contribution in [0.5, 0.6) is 17.2 Å². The molecule has 0 saturated heterocycles. The van der Waals surface area contributed by atoms with E-state index in [1.807, 2.05) is 85.1 Å². The Bertz CT molecular complexity index is 3650. The summed E-state index contributed by atoms with van der Waals surface area (Å²) in [5.41, 5.74) is 16.6. The van der Waals surface area contributed by atoms with Crippen molar-refractivity contribution in [2.75, 3.05) is 44.2 Å². The highest BCUT2D eigenvalue weighted by molar-refractivity contribution is 5.97. The number of unbranched alkanes of at least 4 members (excludes halogenated alkanes) is 3. The van der Waals surface area contributed by atoms with Gasteiger partial charge in [-0.3, -0.25) is 14.2 Å². The molecular formula is C66H67N6O4+. The van der Waals surface area contributed by atoms with Gasteiger partial charge in [-0.25, -0.2) is 9.56 Å². The highest BCUT2D eigenvalue weighted by Gasteiger charge is 2.35. The van der Waals surface area contributed by atoms with Gasteiger partial charge in [0.2, 0.25) is 5.36 Å². The van der Waals surface area contributed by atoms with Gasteiger partial charge in [0.05, 0.1) is 23.6 Å². The molecule has 2 N–H and O–H groups in total. The van der Waals surface area contributed by atoms with E-state index >= 15 is 0 Å². The maximum absolute atomic E-state index is 14.0. The highest BCUT2D eigenvalue weighted by atomic mass is 16.5.